The Morgan fingerprint density at radius 1 is 1.59 bits per heavy atom. The minimum atomic E-state index is 0.0344. The Labute approximate surface area is 101 Å². The molecule has 1 aliphatic rings. The molecule has 0 radical (unpaired) electrons. The van der Waals surface area contributed by atoms with E-state index in [0.29, 0.717) is 17.9 Å². The number of hydrogen-bond acceptors (Lipinski definition) is 3. The largest absolute Gasteiger partial charge is 0.394 e. The fourth-order valence-electron chi connectivity index (χ4n) is 2.44. The van der Waals surface area contributed by atoms with E-state index in [0.717, 1.165) is 12.3 Å². The van der Waals surface area contributed by atoms with Crippen molar-refractivity contribution in [3.63, 3.8) is 0 Å². The first-order valence-electron chi connectivity index (χ1n) is 6.24. The van der Waals surface area contributed by atoms with E-state index in [1.165, 1.54) is 25.7 Å². The van der Waals surface area contributed by atoms with Crippen LogP contribution in [0.1, 0.15) is 38.5 Å². The summed E-state index contributed by atoms with van der Waals surface area (Å²) in [6.07, 6.45) is 8.32. The molecule has 0 unspecified atom stereocenters. The first-order chi connectivity index (χ1) is 8.16. The molecule has 0 bridgehead atoms. The van der Waals surface area contributed by atoms with Crippen LogP contribution in [-0.4, -0.2) is 15.7 Å². The predicted molar refractivity (Wildman–Crippen MR) is 67.4 cm³/mol. The lowest BCUT2D eigenvalue weighted by atomic mass is 10.0. The zero-order chi connectivity index (χ0) is 12.3. The van der Waals surface area contributed by atoms with E-state index in [1.54, 1.807) is 17.9 Å². The third kappa shape index (κ3) is 2.99. The first kappa shape index (κ1) is 12.0. The maximum Gasteiger partial charge on any atom is 0.225 e. The number of hydrogen-bond donors (Lipinski definition) is 2. The number of rotatable bonds is 4. The Morgan fingerprint density at radius 2 is 2.29 bits per heavy atom. The van der Waals surface area contributed by atoms with Crippen molar-refractivity contribution in [2.75, 3.05) is 11.1 Å². The fraction of sp³-hybridized carbons (Fsp3) is 0.667. The highest BCUT2D eigenvalue weighted by molar-refractivity contribution is 5.92. The first-order valence-corrected chi connectivity index (χ1v) is 6.24. The number of nitrogens with zero attached hydrogens (tertiary/aromatic N) is 2. The Morgan fingerprint density at radius 3 is 2.88 bits per heavy atom. The van der Waals surface area contributed by atoms with Gasteiger partial charge in [0.25, 0.3) is 0 Å². The zero-order valence-electron chi connectivity index (χ0n) is 10.3. The van der Waals surface area contributed by atoms with E-state index >= 15 is 0 Å². The van der Waals surface area contributed by atoms with Crippen LogP contribution in [0.15, 0.2) is 6.20 Å². The molecule has 1 aromatic heterocycles. The Balaban J connectivity index is 1.80. The summed E-state index contributed by atoms with van der Waals surface area (Å²) < 4.78 is 1.59. The lowest BCUT2D eigenvalue weighted by molar-refractivity contribution is -0.116. The molecule has 0 aliphatic heterocycles. The number of anilines is 2. The van der Waals surface area contributed by atoms with Crippen molar-refractivity contribution >= 4 is 17.4 Å². The van der Waals surface area contributed by atoms with Crippen molar-refractivity contribution in [2.45, 2.75) is 38.5 Å². The van der Waals surface area contributed by atoms with Gasteiger partial charge in [0.1, 0.15) is 0 Å². The number of aromatic nitrogens is 2. The second-order valence-corrected chi connectivity index (χ2v) is 4.81. The normalized spacial score (nSPS) is 16.3. The number of carbonyl (C=O) groups excluding carboxylic acids is 1. The van der Waals surface area contributed by atoms with Crippen molar-refractivity contribution < 1.29 is 4.79 Å². The summed E-state index contributed by atoms with van der Waals surface area (Å²) in [6, 6.07) is 0. The third-order valence-electron chi connectivity index (χ3n) is 3.48. The smallest absolute Gasteiger partial charge is 0.225 e. The topological polar surface area (TPSA) is 72.9 Å². The SMILES string of the molecule is Cn1ncc(N)c1NC(=O)CCC1CCCC1. The van der Waals surface area contributed by atoms with Gasteiger partial charge in [-0.15, -0.1) is 0 Å². The van der Waals surface area contributed by atoms with Gasteiger partial charge in [-0.1, -0.05) is 25.7 Å². The molecule has 0 atom stereocenters. The molecule has 1 fully saturated rings. The standard InChI is InChI=1S/C12H20N4O/c1-16-12(10(13)8-14-16)15-11(17)7-6-9-4-2-3-5-9/h8-9H,2-7,13H2,1H3,(H,15,17). The van der Waals surface area contributed by atoms with Crippen LogP contribution in [0.4, 0.5) is 11.5 Å². The van der Waals surface area contributed by atoms with Crippen molar-refractivity contribution in [2.24, 2.45) is 13.0 Å². The average Bonchev–Trinajstić information content (AvgIpc) is 2.91. The van der Waals surface area contributed by atoms with Crippen molar-refractivity contribution in [1.29, 1.82) is 0 Å². The summed E-state index contributed by atoms with van der Waals surface area (Å²) in [7, 11) is 1.77. The summed E-state index contributed by atoms with van der Waals surface area (Å²) in [4.78, 5) is 11.8. The number of aryl methyl sites for hydroxylation is 1. The number of carbonyl (C=O) groups is 1. The Kier molecular flexibility index (Phi) is 3.66. The van der Waals surface area contributed by atoms with Crippen molar-refractivity contribution in [3.8, 4) is 0 Å². The molecule has 5 heteroatoms. The molecular formula is C12H20N4O. The number of amides is 1. The van der Waals surface area contributed by atoms with Gasteiger partial charge in [-0.3, -0.25) is 9.48 Å². The van der Waals surface area contributed by atoms with E-state index in [4.69, 9.17) is 5.73 Å². The Hall–Kier alpha value is -1.52. The average molecular weight is 236 g/mol. The van der Waals surface area contributed by atoms with E-state index in [1.807, 2.05) is 0 Å². The highest BCUT2D eigenvalue weighted by Crippen LogP contribution is 2.28. The second kappa shape index (κ2) is 5.21. The number of nitrogens with one attached hydrogen (secondary N) is 1. The molecule has 1 aromatic rings. The van der Waals surface area contributed by atoms with Crippen LogP contribution in [-0.2, 0) is 11.8 Å². The highest BCUT2D eigenvalue weighted by Gasteiger charge is 2.17. The van der Waals surface area contributed by atoms with E-state index in [-0.39, 0.29) is 5.91 Å². The number of nitrogen functional groups attached to an aromatic ring is 1. The van der Waals surface area contributed by atoms with Gasteiger partial charge in [0.05, 0.1) is 11.9 Å². The minimum Gasteiger partial charge on any atom is -0.394 e. The fourth-order valence-corrected chi connectivity index (χ4v) is 2.44. The maximum absolute atomic E-state index is 11.8. The van der Waals surface area contributed by atoms with E-state index in [2.05, 4.69) is 10.4 Å². The molecule has 17 heavy (non-hydrogen) atoms. The molecule has 0 saturated heterocycles. The van der Waals surface area contributed by atoms with Crippen molar-refractivity contribution in [1.82, 2.24) is 9.78 Å². The molecule has 0 spiro atoms. The molecule has 2 rings (SSSR count). The van der Waals surface area contributed by atoms with Crippen LogP contribution >= 0.6 is 0 Å². The van der Waals surface area contributed by atoms with Crippen LogP contribution in [0, 0.1) is 5.92 Å². The summed E-state index contributed by atoms with van der Waals surface area (Å²) in [5.41, 5.74) is 6.23. The lowest BCUT2D eigenvalue weighted by Gasteiger charge is -2.09. The van der Waals surface area contributed by atoms with Crippen LogP contribution in [0.25, 0.3) is 0 Å². The molecule has 1 amide bonds. The van der Waals surface area contributed by atoms with E-state index < -0.39 is 0 Å². The van der Waals surface area contributed by atoms with E-state index in [9.17, 15) is 4.79 Å². The van der Waals surface area contributed by atoms with Gasteiger partial charge in [0.2, 0.25) is 5.91 Å². The van der Waals surface area contributed by atoms with Crippen molar-refractivity contribution in [3.05, 3.63) is 6.20 Å². The van der Waals surface area contributed by atoms with Crippen LogP contribution < -0.4 is 11.1 Å². The monoisotopic (exact) mass is 236 g/mol. The van der Waals surface area contributed by atoms with Gasteiger partial charge in [0, 0.05) is 13.5 Å². The van der Waals surface area contributed by atoms with Crippen LogP contribution in [0.5, 0.6) is 0 Å². The lowest BCUT2D eigenvalue weighted by Crippen LogP contribution is -2.16. The third-order valence-corrected chi connectivity index (χ3v) is 3.48. The molecule has 1 aliphatic carbocycles. The molecule has 0 aromatic carbocycles. The Bertz CT molecular complexity index is 374. The second-order valence-electron chi connectivity index (χ2n) is 4.81. The quantitative estimate of drug-likeness (QED) is 0.838. The van der Waals surface area contributed by atoms with Crippen LogP contribution in [0.2, 0.25) is 0 Å². The molecule has 1 saturated carbocycles. The van der Waals surface area contributed by atoms with Gasteiger partial charge < -0.3 is 11.1 Å². The molecule has 3 N–H and O–H groups in total. The summed E-state index contributed by atoms with van der Waals surface area (Å²) in [5, 5.41) is 6.80. The maximum atomic E-state index is 11.8. The van der Waals surface area contributed by atoms with Gasteiger partial charge in [0.15, 0.2) is 5.82 Å². The zero-order valence-corrected chi connectivity index (χ0v) is 10.3. The molecule has 94 valence electrons. The van der Waals surface area contributed by atoms with Gasteiger partial charge >= 0.3 is 0 Å². The number of nitrogens with two attached hydrogens (primary N) is 1. The van der Waals surface area contributed by atoms with Gasteiger partial charge in [-0.25, -0.2) is 0 Å². The minimum absolute atomic E-state index is 0.0344. The molecule has 1 heterocycles. The summed E-state index contributed by atoms with van der Waals surface area (Å²) in [5.74, 6) is 1.37. The summed E-state index contributed by atoms with van der Waals surface area (Å²) >= 11 is 0. The highest BCUT2D eigenvalue weighted by atomic mass is 16.1. The van der Waals surface area contributed by atoms with Gasteiger partial charge in [-0.05, 0) is 12.3 Å². The molecular weight excluding hydrogens is 216 g/mol. The summed E-state index contributed by atoms with van der Waals surface area (Å²) in [6.45, 7) is 0. The van der Waals surface area contributed by atoms with Gasteiger partial charge in [-0.2, -0.15) is 5.10 Å². The predicted octanol–water partition coefficient (Wildman–Crippen LogP) is 1.91. The molecule has 5 nitrogen and oxygen atoms in total. The van der Waals surface area contributed by atoms with Crippen LogP contribution in [0.3, 0.4) is 0 Å².